The Hall–Kier alpha value is -2.14. The zero-order valence-electron chi connectivity index (χ0n) is 17.5. The first-order valence-electron chi connectivity index (χ1n) is 10.9. The van der Waals surface area contributed by atoms with E-state index in [0.29, 0.717) is 11.8 Å². The highest BCUT2D eigenvalue weighted by Crippen LogP contribution is 2.35. The van der Waals surface area contributed by atoms with Gasteiger partial charge in [0.1, 0.15) is 0 Å². The second kappa shape index (κ2) is 7.94. The quantitative estimate of drug-likeness (QED) is 0.726. The summed E-state index contributed by atoms with van der Waals surface area (Å²) in [6, 6.07) is 18.1. The number of aromatic amines is 1. The van der Waals surface area contributed by atoms with E-state index in [-0.39, 0.29) is 0 Å². The average Bonchev–Trinajstić information content (AvgIpc) is 3.17. The molecule has 3 heterocycles. The van der Waals surface area contributed by atoms with Crippen LogP contribution in [0.3, 0.4) is 0 Å². The van der Waals surface area contributed by atoms with Gasteiger partial charge in [0.15, 0.2) is 0 Å². The summed E-state index contributed by atoms with van der Waals surface area (Å²) in [5.41, 5.74) is 6.98. The number of morpholine rings is 1. The van der Waals surface area contributed by atoms with E-state index in [1.807, 2.05) is 0 Å². The molecule has 0 spiro atoms. The van der Waals surface area contributed by atoms with Crippen LogP contribution >= 0.6 is 0 Å². The van der Waals surface area contributed by atoms with Crippen molar-refractivity contribution in [3.63, 3.8) is 0 Å². The standard InChI is InChI=1S/C25H31N3O/c1-18(15-28-9-11-29-12-10-28)19-7-8-22-21(13-19)16-27(2)17-23(22)25-14-20-5-3-4-6-24(20)26-25/h3-8,13-14,18,23,26H,9-12,15-17H2,1-2H3. The van der Waals surface area contributed by atoms with Crippen LogP contribution in [0.2, 0.25) is 0 Å². The number of ether oxygens (including phenoxy) is 1. The van der Waals surface area contributed by atoms with Crippen molar-refractivity contribution in [1.82, 2.24) is 14.8 Å². The van der Waals surface area contributed by atoms with Gasteiger partial charge in [0.05, 0.1) is 13.2 Å². The molecule has 5 rings (SSSR count). The van der Waals surface area contributed by atoms with E-state index in [1.165, 1.54) is 33.3 Å². The largest absolute Gasteiger partial charge is 0.379 e. The van der Waals surface area contributed by atoms with Gasteiger partial charge in [0, 0.05) is 49.9 Å². The molecule has 1 N–H and O–H groups in total. The van der Waals surface area contributed by atoms with Crippen LogP contribution in [0, 0.1) is 0 Å². The number of fused-ring (bicyclic) bond motifs is 2. The molecule has 2 aliphatic rings. The van der Waals surface area contributed by atoms with Crippen molar-refractivity contribution < 1.29 is 4.74 Å². The molecular formula is C25H31N3O. The highest BCUT2D eigenvalue weighted by atomic mass is 16.5. The maximum absolute atomic E-state index is 5.50. The number of benzene rings is 2. The van der Waals surface area contributed by atoms with E-state index in [1.54, 1.807) is 0 Å². The number of likely N-dealkylation sites (N-methyl/N-ethyl adjacent to an activating group) is 1. The minimum absolute atomic E-state index is 0.403. The molecule has 0 bridgehead atoms. The topological polar surface area (TPSA) is 31.5 Å². The minimum Gasteiger partial charge on any atom is -0.379 e. The van der Waals surface area contributed by atoms with Crippen LogP contribution in [0.5, 0.6) is 0 Å². The summed E-state index contributed by atoms with van der Waals surface area (Å²) in [6.07, 6.45) is 0. The van der Waals surface area contributed by atoms with Crippen molar-refractivity contribution in [2.75, 3.05) is 46.4 Å². The minimum atomic E-state index is 0.403. The van der Waals surface area contributed by atoms with Crippen molar-refractivity contribution in [3.8, 4) is 0 Å². The summed E-state index contributed by atoms with van der Waals surface area (Å²) < 4.78 is 5.50. The molecule has 29 heavy (non-hydrogen) atoms. The molecule has 2 aromatic carbocycles. The molecule has 4 nitrogen and oxygen atoms in total. The molecule has 0 aliphatic carbocycles. The lowest BCUT2D eigenvalue weighted by Gasteiger charge is -2.33. The summed E-state index contributed by atoms with van der Waals surface area (Å²) in [6.45, 7) is 9.41. The van der Waals surface area contributed by atoms with E-state index in [9.17, 15) is 0 Å². The Balaban J connectivity index is 1.42. The Labute approximate surface area is 173 Å². The second-order valence-electron chi connectivity index (χ2n) is 8.83. The van der Waals surface area contributed by atoms with Gasteiger partial charge >= 0.3 is 0 Å². The number of H-pyrrole nitrogens is 1. The second-order valence-corrected chi connectivity index (χ2v) is 8.83. The summed E-state index contributed by atoms with van der Waals surface area (Å²) in [7, 11) is 2.24. The van der Waals surface area contributed by atoms with Gasteiger partial charge < -0.3 is 14.6 Å². The fourth-order valence-electron chi connectivity index (χ4n) is 5.00. The Morgan fingerprint density at radius 3 is 2.76 bits per heavy atom. The molecule has 1 saturated heterocycles. The highest BCUT2D eigenvalue weighted by molar-refractivity contribution is 5.80. The van der Waals surface area contributed by atoms with E-state index < -0.39 is 0 Å². The van der Waals surface area contributed by atoms with Crippen LogP contribution in [-0.4, -0.2) is 61.2 Å². The van der Waals surface area contributed by atoms with Gasteiger partial charge in [0.25, 0.3) is 0 Å². The summed E-state index contributed by atoms with van der Waals surface area (Å²) >= 11 is 0. The summed E-state index contributed by atoms with van der Waals surface area (Å²) in [4.78, 5) is 8.66. The van der Waals surface area contributed by atoms with Crippen molar-refractivity contribution in [1.29, 1.82) is 0 Å². The highest BCUT2D eigenvalue weighted by Gasteiger charge is 2.27. The summed E-state index contributed by atoms with van der Waals surface area (Å²) in [5.74, 6) is 0.942. The van der Waals surface area contributed by atoms with Crippen LogP contribution < -0.4 is 0 Å². The maximum Gasteiger partial charge on any atom is 0.0594 e. The third-order valence-electron chi connectivity index (χ3n) is 6.61. The third kappa shape index (κ3) is 3.85. The van der Waals surface area contributed by atoms with E-state index in [4.69, 9.17) is 4.74 Å². The molecule has 0 saturated carbocycles. The zero-order chi connectivity index (χ0) is 19.8. The molecule has 3 aromatic rings. The van der Waals surface area contributed by atoms with Crippen molar-refractivity contribution in [2.24, 2.45) is 0 Å². The molecule has 0 amide bonds. The maximum atomic E-state index is 5.50. The lowest BCUT2D eigenvalue weighted by atomic mass is 9.85. The van der Waals surface area contributed by atoms with Gasteiger partial charge in [-0.05, 0) is 47.2 Å². The van der Waals surface area contributed by atoms with E-state index >= 15 is 0 Å². The first-order valence-corrected chi connectivity index (χ1v) is 10.9. The summed E-state index contributed by atoms with van der Waals surface area (Å²) in [5, 5.41) is 1.30. The SMILES string of the molecule is CC(CN1CCOCC1)c1ccc2c(c1)CN(C)CC2c1cc2ccccc2[nH]1. The van der Waals surface area contributed by atoms with Gasteiger partial charge in [-0.1, -0.05) is 43.3 Å². The first-order chi connectivity index (χ1) is 14.2. The fourth-order valence-corrected chi connectivity index (χ4v) is 5.00. The van der Waals surface area contributed by atoms with Gasteiger partial charge in [0.2, 0.25) is 0 Å². The predicted molar refractivity (Wildman–Crippen MR) is 119 cm³/mol. The number of nitrogens with zero attached hydrogens (tertiary/aromatic N) is 2. The van der Waals surface area contributed by atoms with Crippen LogP contribution in [0.1, 0.15) is 41.1 Å². The lowest BCUT2D eigenvalue weighted by molar-refractivity contribution is 0.0357. The van der Waals surface area contributed by atoms with Crippen molar-refractivity contribution in [3.05, 3.63) is 70.9 Å². The first kappa shape index (κ1) is 18.9. The molecule has 2 unspecified atom stereocenters. The number of nitrogens with one attached hydrogen (secondary N) is 1. The Kier molecular flexibility index (Phi) is 5.17. The average molecular weight is 390 g/mol. The van der Waals surface area contributed by atoms with E-state index in [0.717, 1.165) is 45.9 Å². The van der Waals surface area contributed by atoms with Crippen LogP contribution in [-0.2, 0) is 11.3 Å². The molecule has 0 radical (unpaired) electrons. The smallest absolute Gasteiger partial charge is 0.0594 e. The number of para-hydroxylation sites is 1. The lowest BCUT2D eigenvalue weighted by Crippen LogP contribution is -2.38. The molecule has 2 aliphatic heterocycles. The Bertz CT molecular complexity index is 956. The van der Waals surface area contributed by atoms with Gasteiger partial charge in [-0.25, -0.2) is 0 Å². The molecule has 1 aromatic heterocycles. The Morgan fingerprint density at radius 2 is 1.93 bits per heavy atom. The van der Waals surface area contributed by atoms with Crippen LogP contribution in [0.15, 0.2) is 48.5 Å². The van der Waals surface area contributed by atoms with Gasteiger partial charge in [-0.3, -0.25) is 4.90 Å². The fraction of sp³-hybridized carbons (Fsp3) is 0.440. The number of hydrogen-bond donors (Lipinski definition) is 1. The van der Waals surface area contributed by atoms with Gasteiger partial charge in [-0.2, -0.15) is 0 Å². The number of hydrogen-bond acceptors (Lipinski definition) is 3. The zero-order valence-corrected chi connectivity index (χ0v) is 17.5. The van der Waals surface area contributed by atoms with Crippen LogP contribution in [0.4, 0.5) is 0 Å². The van der Waals surface area contributed by atoms with E-state index in [2.05, 4.69) is 77.3 Å². The monoisotopic (exact) mass is 389 g/mol. The molecule has 152 valence electrons. The molecule has 4 heteroatoms. The number of rotatable bonds is 4. The number of aromatic nitrogens is 1. The van der Waals surface area contributed by atoms with Crippen LogP contribution in [0.25, 0.3) is 10.9 Å². The third-order valence-corrected chi connectivity index (χ3v) is 6.61. The van der Waals surface area contributed by atoms with Crippen molar-refractivity contribution in [2.45, 2.75) is 25.3 Å². The predicted octanol–water partition coefficient (Wildman–Crippen LogP) is 4.18. The van der Waals surface area contributed by atoms with Crippen molar-refractivity contribution >= 4 is 10.9 Å². The molecule has 1 fully saturated rings. The molecular weight excluding hydrogens is 358 g/mol. The Morgan fingerprint density at radius 1 is 1.10 bits per heavy atom. The normalized spacial score (nSPS) is 21.9. The molecule has 2 atom stereocenters. The van der Waals surface area contributed by atoms with Gasteiger partial charge in [-0.15, -0.1) is 0 Å².